The minimum atomic E-state index is -0.622. The Balaban J connectivity index is 0.000000145. The lowest BCUT2D eigenvalue weighted by atomic mass is 10.8. The molecule has 0 aromatic carbocycles. The van der Waals surface area contributed by atoms with Gasteiger partial charge in [-0.2, -0.15) is 15.4 Å². The average Bonchev–Trinajstić information content (AvgIpc) is 2.82. The van der Waals surface area contributed by atoms with E-state index in [1.165, 1.54) is 0 Å². The highest BCUT2D eigenvalue weighted by atomic mass is 16.6. The van der Waals surface area contributed by atoms with Crippen molar-refractivity contribution in [1.29, 1.82) is 0 Å². The van der Waals surface area contributed by atoms with Crippen molar-refractivity contribution in [2.24, 2.45) is 0 Å². The van der Waals surface area contributed by atoms with E-state index in [1.807, 2.05) is 0 Å². The van der Waals surface area contributed by atoms with Crippen LogP contribution in [-0.2, 0) is 0 Å². The van der Waals surface area contributed by atoms with Crippen molar-refractivity contribution in [3.8, 4) is 0 Å². The Kier molecular flexibility index (Phi) is 3.06. The van der Waals surface area contributed by atoms with Gasteiger partial charge in [-0.1, -0.05) is 0 Å². The monoisotopic (exact) mass is 183 g/mol. The maximum Gasteiger partial charge on any atom is 0.410 e. The lowest BCUT2D eigenvalue weighted by Gasteiger charge is -1.79. The van der Waals surface area contributed by atoms with Gasteiger partial charge < -0.3 is 10.1 Å². The fourth-order valence-corrected chi connectivity index (χ4v) is 0.450. The fraction of sp³-hybridized carbons (Fsp3) is 0. The van der Waals surface area contributed by atoms with Crippen LogP contribution in [0.15, 0.2) is 18.6 Å². The van der Waals surface area contributed by atoms with E-state index in [-0.39, 0.29) is 5.82 Å². The molecule has 2 N–H and O–H groups in total. The molecule has 0 radical (unpaired) electrons. The molecule has 2 rings (SSSR count). The minimum Gasteiger partial charge on any atom is -0.358 e. The Hall–Kier alpha value is -2.32. The lowest BCUT2D eigenvalue weighted by Crippen LogP contribution is -1.86. The Morgan fingerprint density at radius 1 is 1.23 bits per heavy atom. The predicted octanol–water partition coefficient (Wildman–Crippen LogP) is -0.482. The molecule has 0 aliphatic carbocycles. The van der Waals surface area contributed by atoms with Crippen LogP contribution in [0.5, 0.6) is 0 Å². The van der Waals surface area contributed by atoms with Crippen LogP contribution in [0, 0.1) is 10.1 Å². The maximum atomic E-state index is 9.75. The van der Waals surface area contributed by atoms with Crippen LogP contribution in [0.1, 0.15) is 0 Å². The highest BCUT2D eigenvalue weighted by Crippen LogP contribution is 1.97. The van der Waals surface area contributed by atoms with Gasteiger partial charge in [0.05, 0.1) is 17.5 Å². The molecule has 0 unspecified atom stereocenters. The summed E-state index contributed by atoms with van der Waals surface area (Å²) < 4.78 is 0. The molecule has 0 amide bonds. The number of nitrogens with zero attached hydrogens (tertiary/aromatic N) is 5. The van der Waals surface area contributed by atoms with E-state index in [1.54, 1.807) is 12.4 Å². The van der Waals surface area contributed by atoms with Gasteiger partial charge in [0.25, 0.3) is 0 Å². The zero-order valence-electron chi connectivity index (χ0n) is 6.28. The number of nitro groups is 1. The van der Waals surface area contributed by atoms with Gasteiger partial charge in [0.15, 0.2) is 6.20 Å². The molecule has 0 aliphatic rings. The second-order valence-electron chi connectivity index (χ2n) is 1.74. The van der Waals surface area contributed by atoms with Crippen LogP contribution in [0.25, 0.3) is 0 Å². The molecule has 0 aliphatic heterocycles. The summed E-state index contributed by atoms with van der Waals surface area (Å²) in [7, 11) is 0. The van der Waals surface area contributed by atoms with E-state index < -0.39 is 4.92 Å². The van der Waals surface area contributed by atoms with E-state index >= 15 is 0 Å². The first-order valence-electron chi connectivity index (χ1n) is 3.10. The van der Waals surface area contributed by atoms with Crippen molar-refractivity contribution in [2.75, 3.05) is 0 Å². The molecule has 0 saturated carbocycles. The summed E-state index contributed by atoms with van der Waals surface area (Å²) >= 11 is 0. The molecule has 9 nitrogen and oxygen atoms in total. The number of hydrogen-bond acceptors (Lipinski definition) is 6. The number of nitrogens with one attached hydrogen (secondary N) is 2. The van der Waals surface area contributed by atoms with Gasteiger partial charge in [0, 0.05) is 0 Å². The van der Waals surface area contributed by atoms with Gasteiger partial charge in [-0.3, -0.25) is 0 Å². The molecular weight excluding hydrogens is 178 g/mol. The van der Waals surface area contributed by atoms with E-state index in [9.17, 15) is 10.1 Å². The Bertz CT molecular complexity index is 310. The van der Waals surface area contributed by atoms with Crippen molar-refractivity contribution in [3.05, 3.63) is 28.7 Å². The van der Waals surface area contributed by atoms with Crippen LogP contribution in [0.4, 0.5) is 5.82 Å². The average molecular weight is 183 g/mol. The zero-order chi connectivity index (χ0) is 9.52. The highest BCUT2D eigenvalue weighted by molar-refractivity contribution is 5.06. The molecule has 2 heterocycles. The molecule has 9 heteroatoms. The van der Waals surface area contributed by atoms with E-state index in [4.69, 9.17) is 0 Å². The lowest BCUT2D eigenvalue weighted by molar-refractivity contribution is -0.389. The Morgan fingerprint density at radius 2 is 1.92 bits per heavy atom. The summed E-state index contributed by atoms with van der Waals surface area (Å²) in [6.45, 7) is 0. The number of hydrogen-bond donors (Lipinski definition) is 2. The summed E-state index contributed by atoms with van der Waals surface area (Å²) in [5, 5.41) is 27.6. The van der Waals surface area contributed by atoms with E-state index in [2.05, 4.69) is 30.8 Å². The SMILES string of the molecule is O=[N+]([O-])c1cn[nH]n1.c1cn[nH]n1. The molecular formula is C4H5N7O2. The second-order valence-corrected chi connectivity index (χ2v) is 1.74. The van der Waals surface area contributed by atoms with Gasteiger partial charge in [-0.15, -0.1) is 10.3 Å². The molecule has 0 spiro atoms. The summed E-state index contributed by atoms with van der Waals surface area (Å²) in [5.74, 6) is -0.259. The van der Waals surface area contributed by atoms with Crippen LogP contribution in [-0.4, -0.2) is 35.7 Å². The maximum absolute atomic E-state index is 9.75. The highest BCUT2D eigenvalue weighted by Gasteiger charge is 2.04. The normalized spacial score (nSPS) is 8.62. The molecule has 68 valence electrons. The quantitative estimate of drug-likeness (QED) is 0.454. The smallest absolute Gasteiger partial charge is 0.358 e. The topological polar surface area (TPSA) is 126 Å². The Labute approximate surface area is 71.3 Å². The van der Waals surface area contributed by atoms with Gasteiger partial charge in [-0.25, -0.2) is 0 Å². The molecule has 2 aromatic heterocycles. The first-order chi connectivity index (χ1) is 6.30. The van der Waals surface area contributed by atoms with Crippen molar-refractivity contribution >= 4 is 5.82 Å². The fourth-order valence-electron chi connectivity index (χ4n) is 0.450. The van der Waals surface area contributed by atoms with Crippen LogP contribution < -0.4 is 0 Å². The molecule has 0 saturated heterocycles. The van der Waals surface area contributed by atoms with Gasteiger partial charge in [0.1, 0.15) is 0 Å². The number of H-pyrrole nitrogens is 2. The number of aromatic amines is 2. The zero-order valence-corrected chi connectivity index (χ0v) is 6.28. The van der Waals surface area contributed by atoms with Crippen LogP contribution >= 0.6 is 0 Å². The van der Waals surface area contributed by atoms with Crippen LogP contribution in [0.2, 0.25) is 0 Å². The molecule has 0 fully saturated rings. The van der Waals surface area contributed by atoms with Gasteiger partial charge >= 0.3 is 5.82 Å². The van der Waals surface area contributed by atoms with Crippen molar-refractivity contribution in [2.45, 2.75) is 0 Å². The second kappa shape index (κ2) is 4.54. The molecule has 0 atom stereocenters. The number of aromatic nitrogens is 6. The third-order valence-corrected chi connectivity index (χ3v) is 0.921. The molecule has 0 bridgehead atoms. The van der Waals surface area contributed by atoms with Crippen molar-refractivity contribution < 1.29 is 4.92 Å². The van der Waals surface area contributed by atoms with Crippen LogP contribution in [0.3, 0.4) is 0 Å². The number of rotatable bonds is 1. The Morgan fingerprint density at radius 3 is 2.15 bits per heavy atom. The van der Waals surface area contributed by atoms with E-state index in [0.29, 0.717) is 0 Å². The standard InChI is InChI=1S/C2H2N4O2.C2H3N3/c7-6(8)2-1-3-5-4-2;1-2-4-5-3-1/h1H,(H,3,4,5);1-2H,(H,3,4,5). The third kappa shape index (κ3) is 3.05. The predicted molar refractivity (Wildman–Crippen MR) is 39.4 cm³/mol. The van der Waals surface area contributed by atoms with E-state index in [0.717, 1.165) is 6.20 Å². The summed E-state index contributed by atoms with van der Waals surface area (Å²) in [6.07, 6.45) is 4.21. The first kappa shape index (κ1) is 8.77. The van der Waals surface area contributed by atoms with Gasteiger partial charge in [0.2, 0.25) is 0 Å². The van der Waals surface area contributed by atoms with Crippen molar-refractivity contribution in [1.82, 2.24) is 30.8 Å². The van der Waals surface area contributed by atoms with Crippen molar-refractivity contribution in [3.63, 3.8) is 0 Å². The summed E-state index contributed by atoms with van der Waals surface area (Å²) in [5.41, 5.74) is 0. The molecule has 13 heavy (non-hydrogen) atoms. The summed E-state index contributed by atoms with van der Waals surface area (Å²) in [6, 6.07) is 0. The first-order valence-corrected chi connectivity index (χ1v) is 3.10. The third-order valence-electron chi connectivity index (χ3n) is 0.921. The molecule has 2 aromatic rings. The minimum absolute atomic E-state index is 0.259. The summed E-state index contributed by atoms with van der Waals surface area (Å²) in [4.78, 5) is 9.12. The largest absolute Gasteiger partial charge is 0.410 e. The van der Waals surface area contributed by atoms with Gasteiger partial charge in [-0.05, 0) is 4.92 Å².